The monoisotopic (exact) mass is 390 g/mol. The van der Waals surface area contributed by atoms with Gasteiger partial charge in [0.05, 0.1) is 19.4 Å². The number of nitrogens with one attached hydrogen (secondary N) is 3. The third-order valence-electron chi connectivity index (χ3n) is 4.08. The van der Waals surface area contributed by atoms with Gasteiger partial charge >= 0.3 is 6.09 Å². The zero-order valence-corrected chi connectivity index (χ0v) is 16.5. The Morgan fingerprint density at radius 2 is 2.30 bits per heavy atom. The Bertz CT molecular complexity index is 731. The molecule has 3 N–H and O–H groups in total. The van der Waals surface area contributed by atoms with E-state index in [0.29, 0.717) is 13.2 Å². The highest BCUT2D eigenvalue weighted by Crippen LogP contribution is 2.36. The fourth-order valence-corrected chi connectivity index (χ4v) is 3.92. The summed E-state index contributed by atoms with van der Waals surface area (Å²) >= 11 is 1.93. The number of nitrogens with zero attached hydrogens (tertiary/aromatic N) is 1. The average molecular weight is 391 g/mol. The van der Waals surface area contributed by atoms with E-state index in [1.807, 2.05) is 31.7 Å². The third-order valence-corrected chi connectivity index (χ3v) is 5.18. The molecule has 3 heterocycles. The van der Waals surface area contributed by atoms with Gasteiger partial charge in [-0.15, -0.1) is 11.8 Å². The number of fused-ring (bicyclic) bond motifs is 1. The minimum absolute atomic E-state index is 0.0521. The fraction of sp³-hybridized carbons (Fsp3) is 0.474. The summed E-state index contributed by atoms with van der Waals surface area (Å²) in [4.78, 5) is 12.4. The van der Waals surface area contributed by atoms with Crippen molar-refractivity contribution in [2.24, 2.45) is 0 Å². The summed E-state index contributed by atoms with van der Waals surface area (Å²) in [6, 6.07) is 8.45. The first-order valence-corrected chi connectivity index (χ1v) is 10.2. The van der Waals surface area contributed by atoms with Crippen molar-refractivity contribution in [1.82, 2.24) is 15.5 Å². The van der Waals surface area contributed by atoms with Crippen molar-refractivity contribution in [3.05, 3.63) is 36.0 Å². The van der Waals surface area contributed by atoms with Gasteiger partial charge in [-0.05, 0) is 38.0 Å². The zero-order valence-electron chi connectivity index (χ0n) is 15.7. The maximum absolute atomic E-state index is 11.0. The van der Waals surface area contributed by atoms with Gasteiger partial charge in [0.25, 0.3) is 0 Å². The molecule has 8 heteroatoms. The van der Waals surface area contributed by atoms with Crippen molar-refractivity contribution in [2.45, 2.75) is 43.7 Å². The van der Waals surface area contributed by atoms with Gasteiger partial charge < -0.3 is 20.1 Å². The minimum Gasteiger partial charge on any atom is -0.444 e. The van der Waals surface area contributed by atoms with Gasteiger partial charge in [-0.1, -0.05) is 6.07 Å². The minimum atomic E-state index is -0.347. The van der Waals surface area contributed by atoms with Crippen molar-refractivity contribution < 1.29 is 14.3 Å². The summed E-state index contributed by atoms with van der Waals surface area (Å²) in [5, 5.41) is 12.8. The number of H-pyrrole nitrogens is 1. The number of alkyl carbamates (subject to hydrolysis) is 1. The molecule has 146 valence electrons. The molecule has 1 amide bonds. The van der Waals surface area contributed by atoms with Crippen molar-refractivity contribution in [3.63, 3.8) is 0 Å². The summed E-state index contributed by atoms with van der Waals surface area (Å²) in [5.74, 6) is 2.14. The Kier molecular flexibility index (Phi) is 7.00. The predicted octanol–water partition coefficient (Wildman–Crippen LogP) is 3.71. The van der Waals surface area contributed by atoms with Crippen LogP contribution in [-0.4, -0.2) is 47.4 Å². The number of amides is 1. The van der Waals surface area contributed by atoms with Gasteiger partial charge in [-0.25, -0.2) is 4.79 Å². The highest BCUT2D eigenvalue weighted by atomic mass is 32.2. The van der Waals surface area contributed by atoms with Crippen LogP contribution in [0.4, 0.5) is 16.3 Å². The van der Waals surface area contributed by atoms with E-state index in [0.717, 1.165) is 18.7 Å². The van der Waals surface area contributed by atoms with E-state index in [-0.39, 0.29) is 18.2 Å². The van der Waals surface area contributed by atoms with Crippen LogP contribution in [0, 0.1) is 0 Å². The van der Waals surface area contributed by atoms with E-state index in [1.54, 1.807) is 6.20 Å². The number of carbonyl (C=O) groups is 1. The fourth-order valence-electron chi connectivity index (χ4n) is 2.84. The molecule has 2 aromatic rings. The number of benzene rings is 1. The van der Waals surface area contributed by atoms with E-state index in [4.69, 9.17) is 9.47 Å². The highest BCUT2D eigenvalue weighted by Gasteiger charge is 2.19. The SMILES string of the molecule is CC(C)NC(=O)OC1CCOC1.c1cc(Nc2ccn[nH]2)c2c(c1)SCC2. The number of aromatic nitrogens is 2. The number of carbonyl (C=O) groups excluding carboxylic acids is 1. The standard InChI is InChI=1S/C11H11N3S.C8H15NO3/c1-2-9(13-11-4-6-12-14-11)8-5-7-15-10(8)3-1;1-6(2)9-8(10)12-7-3-4-11-5-7/h1-4,6H,5,7H2,(H2,12,13,14);6-7H,3-5H2,1-2H3,(H,9,10). The topological polar surface area (TPSA) is 88.3 Å². The van der Waals surface area contributed by atoms with Crippen LogP contribution in [0.25, 0.3) is 0 Å². The van der Waals surface area contributed by atoms with E-state index in [9.17, 15) is 4.79 Å². The second-order valence-electron chi connectivity index (χ2n) is 6.67. The molecule has 0 spiro atoms. The smallest absolute Gasteiger partial charge is 0.407 e. The lowest BCUT2D eigenvalue weighted by atomic mass is 10.1. The zero-order chi connectivity index (χ0) is 19.1. The number of ether oxygens (including phenoxy) is 2. The highest BCUT2D eigenvalue weighted by molar-refractivity contribution is 7.99. The molecule has 0 radical (unpaired) electrons. The van der Waals surface area contributed by atoms with E-state index in [1.165, 1.54) is 21.9 Å². The normalized spacial score (nSPS) is 17.8. The maximum atomic E-state index is 11.0. The van der Waals surface area contributed by atoms with Gasteiger partial charge in [0.1, 0.15) is 11.9 Å². The van der Waals surface area contributed by atoms with Gasteiger partial charge in [0.15, 0.2) is 0 Å². The van der Waals surface area contributed by atoms with Crippen LogP contribution in [-0.2, 0) is 15.9 Å². The molecule has 1 aromatic heterocycles. The maximum Gasteiger partial charge on any atom is 0.407 e. The first-order valence-electron chi connectivity index (χ1n) is 9.18. The number of anilines is 2. The Morgan fingerprint density at radius 3 is 3.00 bits per heavy atom. The molecule has 2 aliphatic rings. The molecular weight excluding hydrogens is 364 g/mol. The first-order chi connectivity index (χ1) is 13.1. The van der Waals surface area contributed by atoms with E-state index in [2.05, 4.69) is 39.0 Å². The van der Waals surface area contributed by atoms with Crippen molar-refractivity contribution in [3.8, 4) is 0 Å². The van der Waals surface area contributed by atoms with Gasteiger partial charge in [0.2, 0.25) is 0 Å². The molecule has 1 unspecified atom stereocenters. The third kappa shape index (κ3) is 5.90. The molecule has 1 fully saturated rings. The Hall–Kier alpha value is -2.19. The Labute approximate surface area is 163 Å². The summed E-state index contributed by atoms with van der Waals surface area (Å²) in [7, 11) is 0. The molecule has 1 atom stereocenters. The van der Waals surface area contributed by atoms with Crippen LogP contribution in [0.2, 0.25) is 0 Å². The van der Waals surface area contributed by atoms with Crippen molar-refractivity contribution in [2.75, 3.05) is 24.3 Å². The molecule has 27 heavy (non-hydrogen) atoms. The van der Waals surface area contributed by atoms with Crippen LogP contribution in [0.5, 0.6) is 0 Å². The number of thioether (sulfide) groups is 1. The Morgan fingerprint density at radius 1 is 1.41 bits per heavy atom. The second-order valence-corrected chi connectivity index (χ2v) is 7.80. The number of aromatic amines is 1. The summed E-state index contributed by atoms with van der Waals surface area (Å²) in [6.45, 7) is 5.02. The number of rotatable bonds is 4. The summed E-state index contributed by atoms with van der Waals surface area (Å²) in [5.41, 5.74) is 2.62. The molecule has 0 aliphatic carbocycles. The molecule has 0 saturated carbocycles. The van der Waals surface area contributed by atoms with Crippen LogP contribution < -0.4 is 10.6 Å². The van der Waals surface area contributed by atoms with Crippen LogP contribution in [0.1, 0.15) is 25.8 Å². The summed E-state index contributed by atoms with van der Waals surface area (Å²) in [6.07, 6.45) is 3.31. The second kappa shape index (κ2) is 9.66. The molecule has 1 saturated heterocycles. The van der Waals surface area contributed by atoms with Crippen LogP contribution in [0.3, 0.4) is 0 Å². The predicted molar refractivity (Wildman–Crippen MR) is 107 cm³/mol. The van der Waals surface area contributed by atoms with Crippen LogP contribution in [0.15, 0.2) is 35.4 Å². The van der Waals surface area contributed by atoms with Crippen LogP contribution >= 0.6 is 11.8 Å². The molecule has 0 bridgehead atoms. The largest absolute Gasteiger partial charge is 0.444 e. The van der Waals surface area contributed by atoms with E-state index < -0.39 is 0 Å². The lowest BCUT2D eigenvalue weighted by Crippen LogP contribution is -2.33. The van der Waals surface area contributed by atoms with E-state index >= 15 is 0 Å². The number of hydrogen-bond donors (Lipinski definition) is 3. The molecular formula is C19H26N4O3S. The average Bonchev–Trinajstić information content (AvgIpc) is 3.37. The van der Waals surface area contributed by atoms with Gasteiger partial charge in [-0.2, -0.15) is 5.10 Å². The quantitative estimate of drug-likeness (QED) is 0.738. The molecule has 4 rings (SSSR count). The van der Waals surface area contributed by atoms with Gasteiger partial charge in [0, 0.05) is 34.9 Å². The van der Waals surface area contributed by atoms with Gasteiger partial charge in [-0.3, -0.25) is 5.10 Å². The lowest BCUT2D eigenvalue weighted by molar-refractivity contribution is 0.0817. The number of hydrogen-bond acceptors (Lipinski definition) is 6. The molecule has 7 nitrogen and oxygen atoms in total. The Balaban J connectivity index is 0.000000161. The molecule has 1 aromatic carbocycles. The lowest BCUT2D eigenvalue weighted by Gasteiger charge is -2.12. The first kappa shape index (κ1) is 19.6. The van der Waals surface area contributed by atoms with Crippen molar-refractivity contribution >= 4 is 29.4 Å². The summed E-state index contributed by atoms with van der Waals surface area (Å²) < 4.78 is 10.1. The molecule has 2 aliphatic heterocycles. The van der Waals surface area contributed by atoms with Crippen molar-refractivity contribution in [1.29, 1.82) is 0 Å².